The SMILES string of the molecule is CCC1CCC(C)N1c1cnccc1/C(N)=N/O. The van der Waals surface area contributed by atoms with Crippen LogP contribution in [0.1, 0.15) is 38.7 Å². The van der Waals surface area contributed by atoms with Crippen LogP contribution in [0.4, 0.5) is 5.69 Å². The fourth-order valence-electron chi connectivity index (χ4n) is 2.77. The van der Waals surface area contributed by atoms with E-state index in [4.69, 9.17) is 10.9 Å². The minimum atomic E-state index is 0.140. The van der Waals surface area contributed by atoms with Crippen molar-refractivity contribution in [2.24, 2.45) is 10.9 Å². The molecule has 0 aliphatic carbocycles. The molecule has 0 amide bonds. The summed E-state index contributed by atoms with van der Waals surface area (Å²) >= 11 is 0. The largest absolute Gasteiger partial charge is 0.409 e. The summed E-state index contributed by atoms with van der Waals surface area (Å²) in [4.78, 5) is 6.52. The second kappa shape index (κ2) is 5.25. The van der Waals surface area contributed by atoms with Crippen molar-refractivity contribution < 1.29 is 5.21 Å². The number of amidine groups is 1. The van der Waals surface area contributed by atoms with Crippen LogP contribution in [-0.2, 0) is 0 Å². The highest BCUT2D eigenvalue weighted by Gasteiger charge is 2.31. The molecule has 1 aromatic heterocycles. The summed E-state index contributed by atoms with van der Waals surface area (Å²) < 4.78 is 0. The Morgan fingerprint density at radius 2 is 2.39 bits per heavy atom. The van der Waals surface area contributed by atoms with E-state index in [1.54, 1.807) is 18.5 Å². The van der Waals surface area contributed by atoms with Gasteiger partial charge in [-0.3, -0.25) is 4.98 Å². The first-order valence-corrected chi connectivity index (χ1v) is 6.39. The summed E-state index contributed by atoms with van der Waals surface area (Å²) in [5.74, 6) is 0.140. The number of rotatable bonds is 3. The lowest BCUT2D eigenvalue weighted by molar-refractivity contribution is 0.318. The first-order chi connectivity index (χ1) is 8.69. The number of anilines is 1. The Hall–Kier alpha value is -1.78. The maximum Gasteiger partial charge on any atom is 0.172 e. The van der Waals surface area contributed by atoms with Gasteiger partial charge in [-0.25, -0.2) is 0 Å². The molecule has 0 spiro atoms. The van der Waals surface area contributed by atoms with E-state index in [-0.39, 0.29) is 5.84 Å². The number of pyridine rings is 1. The third kappa shape index (κ3) is 2.12. The molecule has 2 heterocycles. The quantitative estimate of drug-likeness (QED) is 0.371. The molecule has 1 aliphatic heterocycles. The smallest absolute Gasteiger partial charge is 0.172 e. The van der Waals surface area contributed by atoms with Gasteiger partial charge in [0.05, 0.1) is 11.9 Å². The van der Waals surface area contributed by atoms with Crippen LogP contribution in [0.5, 0.6) is 0 Å². The molecule has 98 valence electrons. The van der Waals surface area contributed by atoms with Gasteiger partial charge in [0, 0.05) is 23.8 Å². The Balaban J connectivity index is 2.44. The molecular formula is C13H20N4O. The van der Waals surface area contributed by atoms with Crippen LogP contribution in [-0.4, -0.2) is 28.1 Å². The molecule has 18 heavy (non-hydrogen) atoms. The molecule has 1 aliphatic rings. The zero-order valence-electron chi connectivity index (χ0n) is 10.9. The fraction of sp³-hybridized carbons (Fsp3) is 0.538. The lowest BCUT2D eigenvalue weighted by atomic mass is 10.1. The maximum atomic E-state index is 8.87. The minimum absolute atomic E-state index is 0.140. The van der Waals surface area contributed by atoms with Crippen molar-refractivity contribution in [3.8, 4) is 0 Å². The third-order valence-corrected chi connectivity index (χ3v) is 3.72. The molecule has 0 aromatic carbocycles. The average Bonchev–Trinajstić information content (AvgIpc) is 2.78. The third-order valence-electron chi connectivity index (χ3n) is 3.72. The van der Waals surface area contributed by atoms with Gasteiger partial charge in [0.15, 0.2) is 5.84 Å². The molecule has 2 rings (SSSR count). The van der Waals surface area contributed by atoms with Crippen LogP contribution >= 0.6 is 0 Å². The lowest BCUT2D eigenvalue weighted by Crippen LogP contribution is -2.36. The number of hydrogen-bond acceptors (Lipinski definition) is 4. The standard InChI is InChI=1S/C13H20N4O/c1-3-10-5-4-9(2)17(10)12-8-15-7-6-11(12)13(14)16-18/h6-10,18H,3-5H2,1-2H3,(H2,14,16). The monoisotopic (exact) mass is 248 g/mol. The second-order valence-corrected chi connectivity index (χ2v) is 4.77. The molecule has 0 saturated carbocycles. The molecule has 0 bridgehead atoms. The number of nitrogens with zero attached hydrogens (tertiary/aromatic N) is 3. The van der Waals surface area contributed by atoms with Crippen LogP contribution in [0, 0.1) is 0 Å². The highest BCUT2D eigenvalue weighted by Crippen LogP contribution is 2.33. The summed E-state index contributed by atoms with van der Waals surface area (Å²) in [5, 5.41) is 12.0. The highest BCUT2D eigenvalue weighted by atomic mass is 16.4. The van der Waals surface area contributed by atoms with Gasteiger partial charge >= 0.3 is 0 Å². The first-order valence-electron chi connectivity index (χ1n) is 6.39. The van der Waals surface area contributed by atoms with Crippen LogP contribution in [0.3, 0.4) is 0 Å². The molecule has 3 N–H and O–H groups in total. The highest BCUT2D eigenvalue weighted by molar-refractivity contribution is 6.02. The van der Waals surface area contributed by atoms with Gasteiger partial charge in [0.1, 0.15) is 0 Å². The molecule has 1 aromatic rings. The van der Waals surface area contributed by atoms with Crippen LogP contribution < -0.4 is 10.6 Å². The zero-order chi connectivity index (χ0) is 13.1. The van der Waals surface area contributed by atoms with Gasteiger partial charge < -0.3 is 15.8 Å². The molecule has 1 fully saturated rings. The first kappa shape index (κ1) is 12.7. The van der Waals surface area contributed by atoms with E-state index in [9.17, 15) is 0 Å². The number of aromatic nitrogens is 1. The predicted octanol–water partition coefficient (Wildman–Crippen LogP) is 1.94. The topological polar surface area (TPSA) is 74.7 Å². The van der Waals surface area contributed by atoms with Gasteiger partial charge in [-0.2, -0.15) is 0 Å². The second-order valence-electron chi connectivity index (χ2n) is 4.77. The van der Waals surface area contributed by atoms with Crippen LogP contribution in [0.25, 0.3) is 0 Å². The Labute approximate surface area is 107 Å². The van der Waals surface area contributed by atoms with Gasteiger partial charge in [-0.1, -0.05) is 12.1 Å². The van der Waals surface area contributed by atoms with Crippen LogP contribution in [0.2, 0.25) is 0 Å². The van der Waals surface area contributed by atoms with Crippen LogP contribution in [0.15, 0.2) is 23.6 Å². The summed E-state index contributed by atoms with van der Waals surface area (Å²) in [6.07, 6.45) is 6.91. The van der Waals surface area contributed by atoms with E-state index in [1.165, 1.54) is 12.8 Å². The molecule has 2 atom stereocenters. The molecule has 5 nitrogen and oxygen atoms in total. The van der Waals surface area contributed by atoms with E-state index < -0.39 is 0 Å². The van der Waals surface area contributed by atoms with E-state index in [0.717, 1.165) is 17.7 Å². The minimum Gasteiger partial charge on any atom is -0.409 e. The molecule has 2 unspecified atom stereocenters. The number of oxime groups is 1. The van der Waals surface area contributed by atoms with Crippen molar-refractivity contribution in [2.45, 2.75) is 45.2 Å². The summed E-state index contributed by atoms with van der Waals surface area (Å²) in [7, 11) is 0. The maximum absolute atomic E-state index is 8.87. The average molecular weight is 248 g/mol. The summed E-state index contributed by atoms with van der Waals surface area (Å²) in [6.45, 7) is 4.40. The molecule has 1 saturated heterocycles. The van der Waals surface area contributed by atoms with Crippen molar-refractivity contribution in [2.75, 3.05) is 4.90 Å². The predicted molar refractivity (Wildman–Crippen MR) is 72.0 cm³/mol. The Morgan fingerprint density at radius 1 is 1.61 bits per heavy atom. The Kier molecular flexibility index (Phi) is 3.69. The number of nitrogens with two attached hydrogens (primary N) is 1. The lowest BCUT2D eigenvalue weighted by Gasteiger charge is -2.31. The van der Waals surface area contributed by atoms with E-state index in [1.807, 2.05) is 0 Å². The van der Waals surface area contributed by atoms with Gasteiger partial charge in [-0.05, 0) is 32.3 Å². The molecule has 0 radical (unpaired) electrons. The van der Waals surface area contributed by atoms with Crippen molar-refractivity contribution in [1.82, 2.24) is 4.98 Å². The Morgan fingerprint density at radius 3 is 3.06 bits per heavy atom. The molecular weight excluding hydrogens is 228 g/mol. The Bertz CT molecular complexity index is 446. The fourth-order valence-corrected chi connectivity index (χ4v) is 2.77. The normalized spacial score (nSPS) is 24.6. The van der Waals surface area contributed by atoms with Gasteiger partial charge in [0.2, 0.25) is 0 Å². The van der Waals surface area contributed by atoms with Gasteiger partial charge in [-0.15, -0.1) is 0 Å². The van der Waals surface area contributed by atoms with E-state index in [0.29, 0.717) is 12.1 Å². The van der Waals surface area contributed by atoms with E-state index >= 15 is 0 Å². The van der Waals surface area contributed by atoms with Crippen molar-refractivity contribution in [1.29, 1.82) is 0 Å². The summed E-state index contributed by atoms with van der Waals surface area (Å²) in [5.41, 5.74) is 7.45. The number of hydrogen-bond donors (Lipinski definition) is 2. The van der Waals surface area contributed by atoms with Crippen molar-refractivity contribution >= 4 is 11.5 Å². The zero-order valence-corrected chi connectivity index (χ0v) is 10.9. The molecule has 5 heteroatoms. The van der Waals surface area contributed by atoms with E-state index in [2.05, 4.69) is 28.9 Å². The van der Waals surface area contributed by atoms with Crippen molar-refractivity contribution in [3.63, 3.8) is 0 Å². The van der Waals surface area contributed by atoms with Crippen molar-refractivity contribution in [3.05, 3.63) is 24.0 Å². The summed E-state index contributed by atoms with van der Waals surface area (Å²) in [6, 6.07) is 2.76. The van der Waals surface area contributed by atoms with Gasteiger partial charge in [0.25, 0.3) is 0 Å².